The molecular formula is C21H23NO4S. The molecule has 0 fully saturated rings. The Morgan fingerprint density at radius 2 is 1.89 bits per heavy atom. The van der Waals surface area contributed by atoms with Gasteiger partial charge in [-0.15, -0.1) is 0 Å². The van der Waals surface area contributed by atoms with Gasteiger partial charge in [0.15, 0.2) is 0 Å². The quantitative estimate of drug-likeness (QED) is 0.771. The molecule has 0 saturated carbocycles. The molecule has 0 bridgehead atoms. The molecule has 2 aromatic rings. The van der Waals surface area contributed by atoms with Crippen LogP contribution >= 0.6 is 0 Å². The molecule has 1 aliphatic carbocycles. The summed E-state index contributed by atoms with van der Waals surface area (Å²) in [4.78, 5) is 11.2. The monoisotopic (exact) mass is 385 g/mol. The largest absolute Gasteiger partial charge is 0.379 e. The molecule has 1 aliphatic rings. The number of amides is 1. The van der Waals surface area contributed by atoms with Crippen molar-refractivity contribution >= 4 is 21.6 Å². The lowest BCUT2D eigenvalue weighted by Gasteiger charge is -2.19. The van der Waals surface area contributed by atoms with E-state index >= 15 is 0 Å². The van der Waals surface area contributed by atoms with E-state index in [1.807, 2.05) is 13.0 Å². The van der Waals surface area contributed by atoms with E-state index in [2.05, 4.69) is 11.4 Å². The smallest absolute Gasteiger partial charge is 0.339 e. The normalized spacial score (nSPS) is 13.5. The van der Waals surface area contributed by atoms with Gasteiger partial charge in [0.25, 0.3) is 0 Å². The fourth-order valence-corrected chi connectivity index (χ4v) is 4.05. The zero-order valence-electron chi connectivity index (χ0n) is 15.5. The van der Waals surface area contributed by atoms with Gasteiger partial charge < -0.3 is 9.50 Å². The lowest BCUT2D eigenvalue weighted by atomic mass is 9.89. The molecule has 0 saturated heterocycles. The Morgan fingerprint density at radius 1 is 1.15 bits per heavy atom. The number of benzene rings is 2. The maximum Gasteiger partial charge on any atom is 0.339 e. The van der Waals surface area contributed by atoms with Gasteiger partial charge in [-0.05, 0) is 67.2 Å². The van der Waals surface area contributed by atoms with Gasteiger partial charge in [0, 0.05) is 13.5 Å². The maximum absolute atomic E-state index is 12.5. The molecule has 3 rings (SSSR count). The van der Waals surface area contributed by atoms with E-state index in [-0.39, 0.29) is 10.8 Å². The van der Waals surface area contributed by atoms with E-state index in [9.17, 15) is 13.2 Å². The number of fused-ring (bicyclic) bond motifs is 1. The summed E-state index contributed by atoms with van der Waals surface area (Å²) in [6, 6.07) is 12.0. The Hall–Kier alpha value is -2.60. The topological polar surface area (TPSA) is 72.5 Å². The number of carbonyl (C=O) groups is 1. The lowest BCUT2D eigenvalue weighted by molar-refractivity contribution is -0.118. The van der Waals surface area contributed by atoms with Crippen molar-refractivity contribution in [2.24, 2.45) is 0 Å². The zero-order chi connectivity index (χ0) is 19.4. The van der Waals surface area contributed by atoms with Crippen LogP contribution in [0.15, 0.2) is 53.4 Å². The van der Waals surface area contributed by atoms with Crippen LogP contribution in [0.3, 0.4) is 0 Å². The van der Waals surface area contributed by atoms with Crippen molar-refractivity contribution in [1.29, 1.82) is 0 Å². The number of nitrogens with one attached hydrogen (secondary N) is 1. The molecule has 0 unspecified atom stereocenters. The summed E-state index contributed by atoms with van der Waals surface area (Å²) in [5.74, 6) is 0.231. The van der Waals surface area contributed by atoms with Crippen molar-refractivity contribution < 1.29 is 17.4 Å². The van der Waals surface area contributed by atoms with E-state index in [1.54, 1.807) is 36.4 Å². The van der Waals surface area contributed by atoms with Crippen LogP contribution in [0.2, 0.25) is 0 Å². The molecule has 1 N–H and O–H groups in total. The number of allylic oxidation sites excluding steroid dienone is 1. The number of hydrogen-bond donors (Lipinski definition) is 1. The van der Waals surface area contributed by atoms with Gasteiger partial charge >= 0.3 is 10.1 Å². The van der Waals surface area contributed by atoms with Gasteiger partial charge in [-0.3, -0.25) is 4.79 Å². The molecule has 0 aromatic heterocycles. The fraction of sp³-hybridized carbons (Fsp3) is 0.286. The highest BCUT2D eigenvalue weighted by Crippen LogP contribution is 2.32. The molecule has 1 amide bonds. The fourth-order valence-electron chi connectivity index (χ4n) is 3.13. The van der Waals surface area contributed by atoms with Crippen LogP contribution in [0.25, 0.3) is 5.57 Å². The number of carbonyl (C=O) groups excluding carboxylic acids is 1. The number of aryl methyl sites for hydroxylation is 2. The van der Waals surface area contributed by atoms with Crippen LogP contribution in [-0.2, 0) is 21.3 Å². The molecule has 2 aromatic carbocycles. The number of rotatable bonds is 6. The summed E-state index contributed by atoms with van der Waals surface area (Å²) in [6.07, 6.45) is 4.68. The zero-order valence-corrected chi connectivity index (χ0v) is 16.3. The molecule has 0 atom stereocenters. The maximum atomic E-state index is 12.5. The van der Waals surface area contributed by atoms with Crippen molar-refractivity contribution in [3.63, 3.8) is 0 Å². The Bertz CT molecular complexity index is 976. The van der Waals surface area contributed by atoms with Gasteiger partial charge in [0.1, 0.15) is 10.6 Å². The van der Waals surface area contributed by atoms with Gasteiger partial charge in [-0.1, -0.05) is 29.8 Å². The molecule has 6 heteroatoms. The second-order valence-electron chi connectivity index (χ2n) is 6.67. The van der Waals surface area contributed by atoms with Crippen molar-refractivity contribution in [2.45, 2.75) is 38.0 Å². The third-order valence-corrected chi connectivity index (χ3v) is 5.78. The molecule has 142 valence electrons. The average Bonchev–Trinajstić information content (AvgIpc) is 2.62. The van der Waals surface area contributed by atoms with Crippen molar-refractivity contribution in [2.75, 3.05) is 6.54 Å². The van der Waals surface area contributed by atoms with Crippen LogP contribution in [0.4, 0.5) is 0 Å². The molecular weight excluding hydrogens is 362 g/mol. The minimum absolute atomic E-state index is 0.0621. The van der Waals surface area contributed by atoms with Crippen LogP contribution in [0.1, 0.15) is 36.5 Å². The molecule has 5 nitrogen and oxygen atoms in total. The first kappa shape index (κ1) is 19.2. The SMILES string of the molecule is CC(=O)NCCC1=CCCc2ccc(OS(=O)(=O)c3ccc(C)cc3)cc21. The van der Waals surface area contributed by atoms with Crippen LogP contribution in [-0.4, -0.2) is 20.9 Å². The summed E-state index contributed by atoms with van der Waals surface area (Å²) >= 11 is 0. The minimum atomic E-state index is -3.88. The summed E-state index contributed by atoms with van der Waals surface area (Å²) in [6.45, 7) is 3.94. The Morgan fingerprint density at radius 3 is 2.59 bits per heavy atom. The van der Waals surface area contributed by atoms with Gasteiger partial charge in [0.2, 0.25) is 5.91 Å². The first-order valence-corrected chi connectivity index (χ1v) is 10.3. The summed E-state index contributed by atoms with van der Waals surface area (Å²) in [5.41, 5.74) is 4.23. The van der Waals surface area contributed by atoms with Crippen molar-refractivity contribution in [1.82, 2.24) is 5.32 Å². The average molecular weight is 385 g/mol. The highest BCUT2D eigenvalue weighted by molar-refractivity contribution is 7.87. The van der Waals surface area contributed by atoms with E-state index in [4.69, 9.17) is 4.18 Å². The first-order chi connectivity index (χ1) is 12.8. The molecule has 0 heterocycles. The van der Waals surface area contributed by atoms with Crippen LogP contribution in [0, 0.1) is 6.92 Å². The van der Waals surface area contributed by atoms with Gasteiger partial charge in [-0.2, -0.15) is 8.42 Å². The molecule has 0 aliphatic heterocycles. The Labute approximate surface area is 160 Å². The van der Waals surface area contributed by atoms with Crippen LogP contribution in [0.5, 0.6) is 5.75 Å². The third-order valence-electron chi connectivity index (χ3n) is 4.52. The minimum Gasteiger partial charge on any atom is -0.379 e. The van der Waals surface area contributed by atoms with E-state index in [0.717, 1.165) is 35.1 Å². The van der Waals surface area contributed by atoms with Gasteiger partial charge in [0.05, 0.1) is 0 Å². The summed E-state index contributed by atoms with van der Waals surface area (Å²) in [7, 11) is -3.88. The number of hydrogen-bond acceptors (Lipinski definition) is 4. The highest BCUT2D eigenvalue weighted by Gasteiger charge is 2.19. The third kappa shape index (κ3) is 4.77. The molecule has 0 spiro atoms. The molecule has 27 heavy (non-hydrogen) atoms. The predicted molar refractivity (Wildman–Crippen MR) is 105 cm³/mol. The van der Waals surface area contributed by atoms with E-state index < -0.39 is 10.1 Å². The predicted octanol–water partition coefficient (Wildman–Crippen LogP) is 3.62. The van der Waals surface area contributed by atoms with E-state index in [0.29, 0.717) is 18.7 Å². The second-order valence-corrected chi connectivity index (χ2v) is 8.22. The molecule has 0 radical (unpaired) electrons. The van der Waals surface area contributed by atoms with E-state index in [1.165, 1.54) is 6.92 Å². The standard InChI is InChI=1S/C21H23NO4S/c1-15-6-10-20(11-7-15)27(24,25)26-19-9-8-17-4-3-5-18(21(17)14-19)12-13-22-16(2)23/h5-11,14H,3-4,12-13H2,1-2H3,(H,22,23). The Kier molecular flexibility index (Phi) is 5.65. The van der Waals surface area contributed by atoms with Gasteiger partial charge in [-0.25, -0.2) is 0 Å². The second kappa shape index (κ2) is 7.96. The highest BCUT2D eigenvalue weighted by atomic mass is 32.2. The van der Waals surface area contributed by atoms with Crippen molar-refractivity contribution in [3.05, 3.63) is 65.2 Å². The first-order valence-electron chi connectivity index (χ1n) is 8.93. The summed E-state index contributed by atoms with van der Waals surface area (Å²) in [5, 5.41) is 2.80. The summed E-state index contributed by atoms with van der Waals surface area (Å²) < 4.78 is 30.4. The lowest BCUT2D eigenvalue weighted by Crippen LogP contribution is -2.21. The Balaban J connectivity index is 1.81. The van der Waals surface area contributed by atoms with Crippen molar-refractivity contribution in [3.8, 4) is 5.75 Å². The van der Waals surface area contributed by atoms with Crippen LogP contribution < -0.4 is 9.50 Å².